The Kier molecular flexibility index (Phi) is 6.70. The van der Waals surface area contributed by atoms with E-state index in [1.165, 1.54) is 12.1 Å². The number of rotatable bonds is 8. The van der Waals surface area contributed by atoms with Crippen LogP contribution in [-0.4, -0.2) is 41.0 Å². The lowest BCUT2D eigenvalue weighted by Crippen LogP contribution is -2.11. The highest BCUT2D eigenvalue weighted by Gasteiger charge is 2.29. The second-order valence-corrected chi connectivity index (χ2v) is 8.38. The fourth-order valence-electron chi connectivity index (χ4n) is 3.88. The van der Waals surface area contributed by atoms with Gasteiger partial charge in [0.2, 0.25) is 0 Å². The Bertz CT molecular complexity index is 1270. The summed E-state index contributed by atoms with van der Waals surface area (Å²) < 4.78 is 13.8. The number of halogens is 1. The number of aliphatic carboxylic acids is 1. The van der Waals surface area contributed by atoms with Gasteiger partial charge in [-0.1, -0.05) is 12.1 Å². The van der Waals surface area contributed by atoms with Crippen molar-refractivity contribution in [1.29, 1.82) is 0 Å². The van der Waals surface area contributed by atoms with Gasteiger partial charge in [-0.05, 0) is 62.1 Å². The summed E-state index contributed by atoms with van der Waals surface area (Å²) in [4.78, 5) is 30.3. The fourth-order valence-corrected chi connectivity index (χ4v) is 3.88. The molecule has 0 unspecified atom stereocenters. The third-order valence-electron chi connectivity index (χ3n) is 5.40. The van der Waals surface area contributed by atoms with E-state index in [0.29, 0.717) is 33.8 Å². The third kappa shape index (κ3) is 5.29. The number of aromatic nitrogens is 1. The molecule has 8 heteroatoms. The molecule has 0 spiro atoms. The molecule has 0 saturated heterocycles. The predicted octanol–water partition coefficient (Wildman–Crippen LogP) is 4.23. The molecule has 2 heterocycles. The monoisotopic (exact) mass is 460 g/mol. The van der Waals surface area contributed by atoms with E-state index in [0.717, 1.165) is 17.8 Å². The van der Waals surface area contributed by atoms with Crippen LogP contribution in [0, 0.1) is 5.82 Å². The van der Waals surface area contributed by atoms with Crippen LogP contribution in [0.2, 0.25) is 0 Å². The molecule has 2 aromatic carbocycles. The van der Waals surface area contributed by atoms with E-state index in [4.69, 9.17) is 5.11 Å². The lowest BCUT2D eigenvalue weighted by atomic mass is 9.99. The van der Waals surface area contributed by atoms with Gasteiger partial charge in [0.1, 0.15) is 5.82 Å². The summed E-state index contributed by atoms with van der Waals surface area (Å²) in [6.07, 6.45) is 1.80. The van der Waals surface area contributed by atoms with Crippen molar-refractivity contribution in [3.05, 3.63) is 89.0 Å². The Hall–Kier alpha value is -4.04. The second-order valence-electron chi connectivity index (χ2n) is 8.38. The van der Waals surface area contributed by atoms with Gasteiger partial charge < -0.3 is 20.6 Å². The molecule has 3 N–H and O–H groups in total. The summed E-state index contributed by atoms with van der Waals surface area (Å²) in [6, 6.07) is 15.6. The minimum absolute atomic E-state index is 0.0499. The molecule has 1 amide bonds. The van der Waals surface area contributed by atoms with Crippen LogP contribution in [0.4, 0.5) is 15.8 Å². The van der Waals surface area contributed by atoms with Gasteiger partial charge in [0.15, 0.2) is 0 Å². The highest BCUT2D eigenvalue weighted by Crippen LogP contribution is 2.38. The Morgan fingerprint density at radius 1 is 1.12 bits per heavy atom. The molecule has 174 valence electrons. The summed E-state index contributed by atoms with van der Waals surface area (Å²) in [5, 5.41) is 15.1. The molecule has 0 radical (unpaired) electrons. The first kappa shape index (κ1) is 23.1. The molecular weight excluding hydrogens is 435 g/mol. The molecule has 1 aromatic heterocycles. The lowest BCUT2D eigenvalue weighted by molar-refractivity contribution is -0.137. The van der Waals surface area contributed by atoms with Crippen molar-refractivity contribution in [2.75, 3.05) is 24.7 Å². The standard InChI is InChI=1S/C26H25FN4O3/c1-31(2)15-16-3-6-19(7-4-16)29-25(17-11-12-28-20(13-17)8-10-23(32)33)24-21-9-5-18(27)14-22(21)30-26(24)34/h3-7,9,11-14,29H,8,10,15H2,1-2H3,(H,30,34)(H,32,33)/b25-24-. The smallest absolute Gasteiger partial charge is 0.303 e. The Morgan fingerprint density at radius 2 is 1.88 bits per heavy atom. The van der Waals surface area contributed by atoms with Crippen molar-refractivity contribution in [1.82, 2.24) is 9.88 Å². The average Bonchev–Trinajstić information content (AvgIpc) is 3.11. The number of aryl methyl sites for hydroxylation is 1. The first-order valence-corrected chi connectivity index (χ1v) is 10.8. The number of pyridine rings is 1. The van der Waals surface area contributed by atoms with E-state index in [1.807, 2.05) is 38.4 Å². The topological polar surface area (TPSA) is 94.6 Å². The maximum atomic E-state index is 13.8. The van der Waals surface area contributed by atoms with E-state index < -0.39 is 11.8 Å². The molecule has 34 heavy (non-hydrogen) atoms. The number of carboxylic acids is 1. The number of amides is 1. The number of anilines is 2. The van der Waals surface area contributed by atoms with Crippen molar-refractivity contribution >= 4 is 34.5 Å². The maximum Gasteiger partial charge on any atom is 0.303 e. The van der Waals surface area contributed by atoms with Gasteiger partial charge in [-0.2, -0.15) is 0 Å². The molecule has 0 atom stereocenters. The van der Waals surface area contributed by atoms with E-state index >= 15 is 0 Å². The molecule has 1 aliphatic rings. The minimum atomic E-state index is -0.909. The molecule has 7 nitrogen and oxygen atoms in total. The predicted molar refractivity (Wildman–Crippen MR) is 129 cm³/mol. The SMILES string of the molecule is CN(C)Cc1ccc(N/C(=C2\C(=O)Nc3cc(F)ccc32)c2ccnc(CCC(=O)O)c2)cc1. The zero-order valence-electron chi connectivity index (χ0n) is 18.9. The van der Waals surface area contributed by atoms with Crippen LogP contribution in [-0.2, 0) is 22.6 Å². The van der Waals surface area contributed by atoms with Crippen LogP contribution in [0.1, 0.15) is 28.8 Å². The van der Waals surface area contributed by atoms with Crippen LogP contribution in [0.25, 0.3) is 11.3 Å². The number of carbonyl (C=O) groups excluding carboxylic acids is 1. The van der Waals surface area contributed by atoms with Gasteiger partial charge in [0.05, 0.1) is 23.4 Å². The maximum absolute atomic E-state index is 13.8. The van der Waals surface area contributed by atoms with Gasteiger partial charge in [-0.25, -0.2) is 4.39 Å². The van der Waals surface area contributed by atoms with Gasteiger partial charge in [0, 0.05) is 41.7 Å². The summed E-state index contributed by atoms with van der Waals surface area (Å²) in [5.74, 6) is -1.70. The van der Waals surface area contributed by atoms with E-state index in [1.54, 1.807) is 24.4 Å². The zero-order chi connectivity index (χ0) is 24.2. The third-order valence-corrected chi connectivity index (χ3v) is 5.40. The Balaban J connectivity index is 1.78. The van der Waals surface area contributed by atoms with Crippen molar-refractivity contribution in [2.24, 2.45) is 0 Å². The van der Waals surface area contributed by atoms with Gasteiger partial charge in [-0.15, -0.1) is 0 Å². The van der Waals surface area contributed by atoms with Crippen molar-refractivity contribution in [3.8, 4) is 0 Å². The molecule has 4 rings (SSSR count). The molecular formula is C26H25FN4O3. The van der Waals surface area contributed by atoms with Gasteiger partial charge in [-0.3, -0.25) is 14.6 Å². The highest BCUT2D eigenvalue weighted by molar-refractivity contribution is 6.37. The number of fused-ring (bicyclic) bond motifs is 1. The lowest BCUT2D eigenvalue weighted by Gasteiger charge is -2.16. The largest absolute Gasteiger partial charge is 0.481 e. The van der Waals surface area contributed by atoms with E-state index in [-0.39, 0.29) is 18.7 Å². The van der Waals surface area contributed by atoms with Crippen molar-refractivity contribution < 1.29 is 19.1 Å². The highest BCUT2D eigenvalue weighted by atomic mass is 19.1. The molecule has 0 bridgehead atoms. The summed E-state index contributed by atoms with van der Waals surface area (Å²) in [6.45, 7) is 0.798. The summed E-state index contributed by atoms with van der Waals surface area (Å²) >= 11 is 0. The molecule has 3 aromatic rings. The summed E-state index contributed by atoms with van der Waals surface area (Å²) in [5.41, 5.74) is 5.09. The number of carboxylic acid groups (broad SMARTS) is 1. The first-order valence-electron chi connectivity index (χ1n) is 10.8. The van der Waals surface area contributed by atoms with Crippen molar-refractivity contribution in [3.63, 3.8) is 0 Å². The molecule has 0 aliphatic carbocycles. The summed E-state index contributed by atoms with van der Waals surface area (Å²) in [7, 11) is 4.00. The van der Waals surface area contributed by atoms with Crippen molar-refractivity contribution in [2.45, 2.75) is 19.4 Å². The first-order chi connectivity index (χ1) is 16.3. The number of hydrogen-bond donors (Lipinski definition) is 3. The zero-order valence-corrected chi connectivity index (χ0v) is 18.9. The quantitative estimate of drug-likeness (QED) is 0.436. The van der Waals surface area contributed by atoms with E-state index in [2.05, 4.69) is 20.5 Å². The molecule has 0 saturated carbocycles. The number of benzene rings is 2. The van der Waals surface area contributed by atoms with E-state index in [9.17, 15) is 14.0 Å². The molecule has 1 aliphatic heterocycles. The Morgan fingerprint density at radius 3 is 2.59 bits per heavy atom. The second kappa shape index (κ2) is 9.84. The van der Waals surface area contributed by atoms with Gasteiger partial charge >= 0.3 is 5.97 Å². The van der Waals surface area contributed by atoms with Crippen LogP contribution >= 0.6 is 0 Å². The normalized spacial score (nSPS) is 14.1. The van der Waals surface area contributed by atoms with Crippen LogP contribution in [0.5, 0.6) is 0 Å². The van der Waals surface area contributed by atoms with Crippen LogP contribution in [0.15, 0.2) is 60.8 Å². The number of nitrogens with one attached hydrogen (secondary N) is 2. The average molecular weight is 461 g/mol. The molecule has 0 fully saturated rings. The van der Waals surface area contributed by atoms with Gasteiger partial charge in [0.25, 0.3) is 5.91 Å². The Labute approximate surface area is 196 Å². The van der Waals surface area contributed by atoms with Crippen LogP contribution in [0.3, 0.4) is 0 Å². The van der Waals surface area contributed by atoms with Crippen LogP contribution < -0.4 is 10.6 Å². The minimum Gasteiger partial charge on any atom is -0.481 e. The fraction of sp³-hybridized carbons (Fsp3) is 0.192. The number of carbonyl (C=O) groups is 2. The number of hydrogen-bond acceptors (Lipinski definition) is 5. The number of nitrogens with zero attached hydrogens (tertiary/aromatic N) is 2.